The molecule has 0 aliphatic carbocycles. The second-order valence-electron chi connectivity index (χ2n) is 5.93. The molecule has 17 heavy (non-hydrogen) atoms. The Kier molecular flexibility index (Phi) is 4.83. The summed E-state index contributed by atoms with van der Waals surface area (Å²) >= 11 is 0. The van der Waals surface area contributed by atoms with Crippen molar-refractivity contribution in [2.45, 2.75) is 58.2 Å². The molecule has 3 heteroatoms. The Labute approximate surface area is 106 Å². The molecule has 0 aromatic carbocycles. The van der Waals surface area contributed by atoms with Gasteiger partial charge in [0.1, 0.15) is 0 Å². The Morgan fingerprint density at radius 1 is 1.35 bits per heavy atom. The first-order valence-corrected chi connectivity index (χ1v) is 7.29. The largest absolute Gasteiger partial charge is 0.378 e. The SMILES string of the molecule is CCC1OCCC1CN1CCC(NC(C)C)C1. The van der Waals surface area contributed by atoms with Crippen LogP contribution >= 0.6 is 0 Å². The summed E-state index contributed by atoms with van der Waals surface area (Å²) < 4.78 is 5.77. The maximum atomic E-state index is 5.77. The van der Waals surface area contributed by atoms with Crippen molar-refractivity contribution in [3.63, 3.8) is 0 Å². The predicted octanol–water partition coefficient (Wildman–Crippen LogP) is 1.87. The first-order valence-electron chi connectivity index (χ1n) is 7.29. The molecule has 2 fully saturated rings. The standard InChI is InChI=1S/C14H28N2O/c1-4-14-12(6-8-17-14)9-16-7-5-13(10-16)15-11(2)3/h11-15H,4-10H2,1-3H3. The van der Waals surface area contributed by atoms with Crippen LogP contribution in [-0.4, -0.2) is 49.3 Å². The van der Waals surface area contributed by atoms with Crippen LogP contribution in [0.3, 0.4) is 0 Å². The summed E-state index contributed by atoms with van der Waals surface area (Å²) in [4.78, 5) is 2.63. The van der Waals surface area contributed by atoms with Crippen molar-refractivity contribution < 1.29 is 4.74 Å². The van der Waals surface area contributed by atoms with Gasteiger partial charge in [-0.15, -0.1) is 0 Å². The molecule has 1 N–H and O–H groups in total. The summed E-state index contributed by atoms with van der Waals surface area (Å²) in [6.07, 6.45) is 4.26. The van der Waals surface area contributed by atoms with Crippen LogP contribution in [0.25, 0.3) is 0 Å². The van der Waals surface area contributed by atoms with Gasteiger partial charge < -0.3 is 15.0 Å². The molecule has 2 rings (SSSR count). The van der Waals surface area contributed by atoms with Gasteiger partial charge in [0.15, 0.2) is 0 Å². The van der Waals surface area contributed by atoms with Crippen molar-refractivity contribution in [3.05, 3.63) is 0 Å². The quantitative estimate of drug-likeness (QED) is 0.794. The topological polar surface area (TPSA) is 24.5 Å². The minimum Gasteiger partial charge on any atom is -0.378 e. The zero-order valence-corrected chi connectivity index (χ0v) is 11.6. The van der Waals surface area contributed by atoms with Crippen molar-refractivity contribution in [1.82, 2.24) is 10.2 Å². The highest BCUT2D eigenvalue weighted by Gasteiger charge is 2.31. The molecule has 2 aliphatic rings. The lowest BCUT2D eigenvalue weighted by molar-refractivity contribution is 0.0780. The summed E-state index contributed by atoms with van der Waals surface area (Å²) in [6, 6.07) is 1.32. The molecule has 3 unspecified atom stereocenters. The number of hydrogen-bond acceptors (Lipinski definition) is 3. The third-order valence-electron chi connectivity index (χ3n) is 4.08. The fourth-order valence-electron chi connectivity index (χ4n) is 3.29. The van der Waals surface area contributed by atoms with E-state index in [2.05, 4.69) is 31.0 Å². The second-order valence-corrected chi connectivity index (χ2v) is 5.93. The molecule has 100 valence electrons. The van der Waals surface area contributed by atoms with E-state index in [1.165, 1.54) is 38.9 Å². The Hall–Kier alpha value is -0.120. The minimum absolute atomic E-state index is 0.520. The van der Waals surface area contributed by atoms with Gasteiger partial charge in [0.25, 0.3) is 0 Å². The molecular formula is C14H28N2O. The van der Waals surface area contributed by atoms with E-state index in [9.17, 15) is 0 Å². The van der Waals surface area contributed by atoms with Gasteiger partial charge in [-0.2, -0.15) is 0 Å². The number of ether oxygens (including phenoxy) is 1. The molecule has 3 atom stereocenters. The molecule has 2 saturated heterocycles. The summed E-state index contributed by atoms with van der Waals surface area (Å²) in [5, 5.41) is 3.65. The van der Waals surface area contributed by atoms with E-state index in [1.54, 1.807) is 0 Å². The van der Waals surface area contributed by atoms with Gasteiger partial charge in [-0.25, -0.2) is 0 Å². The molecule has 0 aromatic heterocycles. The zero-order chi connectivity index (χ0) is 12.3. The third kappa shape index (κ3) is 3.67. The lowest BCUT2D eigenvalue weighted by atomic mass is 9.99. The van der Waals surface area contributed by atoms with Crippen molar-refractivity contribution in [1.29, 1.82) is 0 Å². The van der Waals surface area contributed by atoms with Crippen LogP contribution in [-0.2, 0) is 4.74 Å². The molecular weight excluding hydrogens is 212 g/mol. The molecule has 0 aromatic rings. The molecule has 0 amide bonds. The molecule has 0 saturated carbocycles. The smallest absolute Gasteiger partial charge is 0.0613 e. The summed E-state index contributed by atoms with van der Waals surface area (Å²) in [5.41, 5.74) is 0. The van der Waals surface area contributed by atoms with Crippen LogP contribution in [0.2, 0.25) is 0 Å². The number of rotatable bonds is 5. The Morgan fingerprint density at radius 2 is 2.18 bits per heavy atom. The van der Waals surface area contributed by atoms with Crippen LogP contribution in [0.15, 0.2) is 0 Å². The van der Waals surface area contributed by atoms with Gasteiger partial charge in [0, 0.05) is 31.8 Å². The summed E-state index contributed by atoms with van der Waals surface area (Å²) in [6.45, 7) is 11.4. The average molecular weight is 240 g/mol. The number of likely N-dealkylation sites (tertiary alicyclic amines) is 1. The van der Waals surface area contributed by atoms with E-state index >= 15 is 0 Å². The van der Waals surface area contributed by atoms with E-state index in [-0.39, 0.29) is 0 Å². The Balaban J connectivity index is 1.73. The summed E-state index contributed by atoms with van der Waals surface area (Å²) in [5.74, 6) is 0.776. The number of nitrogens with one attached hydrogen (secondary N) is 1. The van der Waals surface area contributed by atoms with Crippen LogP contribution < -0.4 is 5.32 Å². The molecule has 0 spiro atoms. The van der Waals surface area contributed by atoms with Gasteiger partial charge in [-0.1, -0.05) is 20.8 Å². The predicted molar refractivity (Wildman–Crippen MR) is 71.3 cm³/mol. The van der Waals surface area contributed by atoms with E-state index in [0.29, 0.717) is 18.2 Å². The summed E-state index contributed by atoms with van der Waals surface area (Å²) in [7, 11) is 0. The Bertz CT molecular complexity index is 232. The van der Waals surface area contributed by atoms with Crippen molar-refractivity contribution >= 4 is 0 Å². The second kappa shape index (κ2) is 6.17. The highest BCUT2D eigenvalue weighted by Crippen LogP contribution is 2.25. The molecule has 0 bridgehead atoms. The maximum absolute atomic E-state index is 5.77. The van der Waals surface area contributed by atoms with Crippen LogP contribution in [0.5, 0.6) is 0 Å². The average Bonchev–Trinajstić information content (AvgIpc) is 2.87. The Morgan fingerprint density at radius 3 is 2.88 bits per heavy atom. The molecule has 3 nitrogen and oxygen atoms in total. The first-order chi connectivity index (χ1) is 8.19. The first kappa shape index (κ1) is 13.3. The van der Waals surface area contributed by atoms with Crippen LogP contribution in [0.1, 0.15) is 40.0 Å². The van der Waals surface area contributed by atoms with Crippen molar-refractivity contribution in [3.8, 4) is 0 Å². The minimum atomic E-state index is 0.520. The highest BCUT2D eigenvalue weighted by molar-refractivity contribution is 4.86. The van der Waals surface area contributed by atoms with Gasteiger partial charge in [-0.05, 0) is 31.7 Å². The zero-order valence-electron chi connectivity index (χ0n) is 11.6. The number of hydrogen-bond donors (Lipinski definition) is 1. The lowest BCUT2D eigenvalue weighted by Crippen LogP contribution is -2.38. The van der Waals surface area contributed by atoms with Crippen molar-refractivity contribution in [2.75, 3.05) is 26.2 Å². The monoisotopic (exact) mass is 240 g/mol. The normalized spacial score (nSPS) is 34.9. The number of nitrogens with zero attached hydrogens (tertiary/aromatic N) is 1. The van der Waals surface area contributed by atoms with Gasteiger partial charge >= 0.3 is 0 Å². The van der Waals surface area contributed by atoms with Crippen LogP contribution in [0, 0.1) is 5.92 Å². The van der Waals surface area contributed by atoms with E-state index in [1.807, 2.05) is 0 Å². The van der Waals surface area contributed by atoms with E-state index < -0.39 is 0 Å². The van der Waals surface area contributed by atoms with Gasteiger partial charge in [0.05, 0.1) is 6.10 Å². The third-order valence-corrected chi connectivity index (χ3v) is 4.08. The maximum Gasteiger partial charge on any atom is 0.0613 e. The lowest BCUT2D eigenvalue weighted by Gasteiger charge is -2.24. The van der Waals surface area contributed by atoms with Gasteiger partial charge in [0.2, 0.25) is 0 Å². The van der Waals surface area contributed by atoms with Crippen molar-refractivity contribution in [2.24, 2.45) is 5.92 Å². The fraction of sp³-hybridized carbons (Fsp3) is 1.00. The molecule has 2 aliphatic heterocycles. The highest BCUT2D eigenvalue weighted by atomic mass is 16.5. The van der Waals surface area contributed by atoms with Crippen LogP contribution in [0.4, 0.5) is 0 Å². The fourth-order valence-corrected chi connectivity index (χ4v) is 3.29. The molecule has 2 heterocycles. The van der Waals surface area contributed by atoms with E-state index in [0.717, 1.165) is 12.5 Å². The van der Waals surface area contributed by atoms with E-state index in [4.69, 9.17) is 4.74 Å². The van der Waals surface area contributed by atoms with Gasteiger partial charge in [-0.3, -0.25) is 0 Å². The molecule has 0 radical (unpaired) electrons.